The van der Waals surface area contributed by atoms with Crippen LogP contribution < -0.4 is 0 Å². The van der Waals surface area contributed by atoms with Crippen molar-refractivity contribution in [2.45, 2.75) is 0 Å². The van der Waals surface area contributed by atoms with Crippen LogP contribution in [0.4, 0.5) is 0 Å². The fourth-order valence-corrected chi connectivity index (χ4v) is 3.39. The highest BCUT2D eigenvalue weighted by molar-refractivity contribution is 5.99. The average Bonchev–Trinajstić information content (AvgIpc) is 3.27. The van der Waals surface area contributed by atoms with Gasteiger partial charge in [0.25, 0.3) is 0 Å². The lowest BCUT2D eigenvalue weighted by molar-refractivity contribution is 1.47. The molecular weight excluding hydrogens is 292 g/mol. The van der Waals surface area contributed by atoms with Crippen molar-refractivity contribution in [2.24, 2.45) is 0 Å². The smallest absolute Gasteiger partial charge is 0.0460 e. The summed E-state index contributed by atoms with van der Waals surface area (Å²) in [5.74, 6) is 0. The molecule has 0 fully saturated rings. The van der Waals surface area contributed by atoms with Crippen LogP contribution in [0.3, 0.4) is 0 Å². The molecule has 0 radical (unpaired) electrons. The zero-order valence-electron chi connectivity index (χ0n) is 13.1. The summed E-state index contributed by atoms with van der Waals surface area (Å²) in [6.07, 6.45) is 4.09. The van der Waals surface area contributed by atoms with Crippen molar-refractivity contribution in [3.05, 3.63) is 85.2 Å². The molecule has 5 aromatic rings. The summed E-state index contributed by atoms with van der Waals surface area (Å²) in [5, 5.41) is 2.49. The number of fused-ring (bicyclic) bond motifs is 2. The van der Waals surface area contributed by atoms with Crippen LogP contribution in [0.25, 0.3) is 44.1 Å². The molecule has 2 aromatic heterocycles. The number of nitrogens with one attached hydrogen (secondary N) is 2. The highest BCUT2D eigenvalue weighted by Gasteiger charge is 2.08. The van der Waals surface area contributed by atoms with Gasteiger partial charge in [-0.1, -0.05) is 42.5 Å². The van der Waals surface area contributed by atoms with Crippen molar-refractivity contribution in [2.75, 3.05) is 0 Å². The van der Waals surface area contributed by atoms with Crippen molar-refractivity contribution < 1.29 is 0 Å². The third kappa shape index (κ3) is 2.04. The molecule has 0 aliphatic rings. The number of aromatic amines is 2. The summed E-state index contributed by atoms with van der Waals surface area (Å²) in [6.45, 7) is 0. The second-order valence-corrected chi connectivity index (χ2v) is 6.11. The maximum absolute atomic E-state index is 3.40. The standard InChI is InChI=1S/C22H16N2/c1-2-4-15(5-3-1)16-6-9-22-19(13-16)20(14-24-22)17-7-8-21-18(12-17)10-11-23-21/h1-14,23-24H. The minimum atomic E-state index is 1.17. The molecule has 0 unspecified atom stereocenters. The predicted molar refractivity (Wildman–Crippen MR) is 101 cm³/mol. The maximum atomic E-state index is 3.40. The molecule has 2 nitrogen and oxygen atoms in total. The summed E-state index contributed by atoms with van der Waals surface area (Å²) in [7, 11) is 0. The highest BCUT2D eigenvalue weighted by atomic mass is 14.7. The zero-order chi connectivity index (χ0) is 15.9. The van der Waals surface area contributed by atoms with Crippen LogP contribution in [-0.4, -0.2) is 9.97 Å². The Morgan fingerprint density at radius 2 is 1.42 bits per heavy atom. The first kappa shape index (κ1) is 13.2. The second kappa shape index (κ2) is 5.14. The molecule has 5 rings (SSSR count). The molecular formula is C22H16N2. The zero-order valence-corrected chi connectivity index (χ0v) is 13.1. The van der Waals surface area contributed by atoms with Gasteiger partial charge in [0.05, 0.1) is 0 Å². The van der Waals surface area contributed by atoms with E-state index >= 15 is 0 Å². The Balaban J connectivity index is 1.71. The van der Waals surface area contributed by atoms with Gasteiger partial charge in [-0.2, -0.15) is 0 Å². The van der Waals surface area contributed by atoms with Crippen molar-refractivity contribution in [1.29, 1.82) is 0 Å². The van der Waals surface area contributed by atoms with E-state index in [-0.39, 0.29) is 0 Å². The Hall–Kier alpha value is -3.26. The van der Waals surface area contributed by atoms with Gasteiger partial charge in [0.1, 0.15) is 0 Å². The predicted octanol–water partition coefficient (Wildman–Crippen LogP) is 5.98. The first-order valence-corrected chi connectivity index (χ1v) is 8.12. The van der Waals surface area contributed by atoms with Crippen LogP contribution in [0.2, 0.25) is 0 Å². The Bertz CT molecular complexity index is 1150. The normalized spacial score (nSPS) is 11.3. The Labute approximate surface area is 139 Å². The third-order valence-corrected chi connectivity index (χ3v) is 4.65. The summed E-state index contributed by atoms with van der Waals surface area (Å²) in [6, 6.07) is 25.8. The molecule has 24 heavy (non-hydrogen) atoms. The van der Waals surface area contributed by atoms with E-state index in [2.05, 4.69) is 89.0 Å². The summed E-state index contributed by atoms with van der Waals surface area (Å²) in [5.41, 5.74) is 7.30. The molecule has 0 atom stereocenters. The molecule has 2 heterocycles. The van der Waals surface area contributed by atoms with Gasteiger partial charge in [-0.15, -0.1) is 0 Å². The lowest BCUT2D eigenvalue weighted by atomic mass is 9.99. The van der Waals surface area contributed by atoms with Crippen molar-refractivity contribution in [1.82, 2.24) is 9.97 Å². The van der Waals surface area contributed by atoms with Gasteiger partial charge in [0.15, 0.2) is 0 Å². The summed E-state index contributed by atoms with van der Waals surface area (Å²) >= 11 is 0. The first-order valence-electron chi connectivity index (χ1n) is 8.12. The molecule has 0 saturated carbocycles. The molecule has 2 heteroatoms. The van der Waals surface area contributed by atoms with Crippen LogP contribution >= 0.6 is 0 Å². The molecule has 0 spiro atoms. The van der Waals surface area contributed by atoms with Gasteiger partial charge in [-0.3, -0.25) is 0 Å². The number of aromatic nitrogens is 2. The molecule has 0 amide bonds. The minimum absolute atomic E-state index is 1.17. The van der Waals surface area contributed by atoms with Gasteiger partial charge >= 0.3 is 0 Å². The van der Waals surface area contributed by atoms with Gasteiger partial charge in [0.2, 0.25) is 0 Å². The van der Waals surface area contributed by atoms with Crippen molar-refractivity contribution in [3.8, 4) is 22.3 Å². The van der Waals surface area contributed by atoms with Gasteiger partial charge in [-0.25, -0.2) is 0 Å². The molecule has 0 bridgehead atoms. The number of benzene rings is 3. The van der Waals surface area contributed by atoms with E-state index in [1.54, 1.807) is 0 Å². The lowest BCUT2D eigenvalue weighted by Crippen LogP contribution is -1.79. The number of rotatable bonds is 2. The number of hydrogen-bond donors (Lipinski definition) is 2. The molecule has 3 aromatic carbocycles. The van der Waals surface area contributed by atoms with Crippen molar-refractivity contribution in [3.63, 3.8) is 0 Å². The van der Waals surface area contributed by atoms with Crippen molar-refractivity contribution >= 4 is 21.8 Å². The molecule has 2 N–H and O–H groups in total. The second-order valence-electron chi connectivity index (χ2n) is 6.11. The third-order valence-electron chi connectivity index (χ3n) is 4.65. The Morgan fingerprint density at radius 1 is 0.583 bits per heavy atom. The summed E-state index contributed by atoms with van der Waals surface area (Å²) < 4.78 is 0. The van der Waals surface area contributed by atoms with E-state index in [0.717, 1.165) is 0 Å². The molecule has 0 saturated heterocycles. The van der Waals surface area contributed by atoms with Gasteiger partial charge < -0.3 is 9.97 Å². The van der Waals surface area contributed by atoms with Crippen LogP contribution in [0.1, 0.15) is 0 Å². The minimum Gasteiger partial charge on any atom is -0.361 e. The van der Waals surface area contributed by atoms with E-state index < -0.39 is 0 Å². The van der Waals surface area contributed by atoms with Gasteiger partial charge in [0, 0.05) is 34.4 Å². The fourth-order valence-electron chi connectivity index (χ4n) is 3.39. The quantitative estimate of drug-likeness (QED) is 0.402. The van der Waals surface area contributed by atoms with E-state index in [4.69, 9.17) is 0 Å². The van der Waals surface area contributed by atoms with E-state index in [1.165, 1.54) is 44.1 Å². The molecule has 0 aliphatic carbocycles. The average molecular weight is 308 g/mol. The molecule has 0 aliphatic heterocycles. The van der Waals surface area contributed by atoms with Crippen LogP contribution in [0, 0.1) is 0 Å². The lowest BCUT2D eigenvalue weighted by Gasteiger charge is -2.04. The van der Waals surface area contributed by atoms with Crippen LogP contribution in [0.15, 0.2) is 85.2 Å². The molecule has 114 valence electrons. The largest absolute Gasteiger partial charge is 0.361 e. The highest BCUT2D eigenvalue weighted by Crippen LogP contribution is 2.33. The monoisotopic (exact) mass is 308 g/mol. The van der Waals surface area contributed by atoms with E-state index in [9.17, 15) is 0 Å². The van der Waals surface area contributed by atoms with Gasteiger partial charge in [-0.05, 0) is 52.4 Å². The number of hydrogen-bond acceptors (Lipinski definition) is 0. The van der Waals surface area contributed by atoms with Crippen LogP contribution in [-0.2, 0) is 0 Å². The van der Waals surface area contributed by atoms with Crippen LogP contribution in [0.5, 0.6) is 0 Å². The Kier molecular flexibility index (Phi) is 2.83. The van der Waals surface area contributed by atoms with E-state index in [1.807, 2.05) is 6.20 Å². The summed E-state index contributed by atoms with van der Waals surface area (Å²) in [4.78, 5) is 6.65. The van der Waals surface area contributed by atoms with E-state index in [0.29, 0.717) is 0 Å². The SMILES string of the molecule is c1ccc(-c2ccc3[nH]cc(-c4ccc5[nH]ccc5c4)c3c2)cc1. The number of H-pyrrole nitrogens is 2. The first-order chi connectivity index (χ1) is 11.9. The fraction of sp³-hybridized carbons (Fsp3) is 0. The topological polar surface area (TPSA) is 31.6 Å². The Morgan fingerprint density at radius 3 is 2.33 bits per heavy atom. The maximum Gasteiger partial charge on any atom is 0.0460 e.